The average molecular weight is 808 g/mol. The van der Waals surface area contributed by atoms with Crippen molar-refractivity contribution in [1.29, 1.82) is 0 Å². The number of carbonyl (C=O) groups excluding carboxylic acids is 2. The number of rotatable bonds is 39. The van der Waals surface area contributed by atoms with Crippen LogP contribution in [0.5, 0.6) is 0 Å². The lowest BCUT2D eigenvalue weighted by atomic mass is 10.0. The van der Waals surface area contributed by atoms with Crippen molar-refractivity contribution in [2.24, 2.45) is 11.7 Å². The molecule has 0 saturated heterocycles. The van der Waals surface area contributed by atoms with E-state index < -0.39 is 35.4 Å². The first-order chi connectivity index (χ1) is 27.1. The second-order valence-electron chi connectivity index (χ2n) is 15.5. The molecule has 0 aromatic rings. The third-order valence-electron chi connectivity index (χ3n) is 9.49. The van der Waals surface area contributed by atoms with E-state index in [-0.39, 0.29) is 37.8 Å². The molecule has 0 heterocycles. The van der Waals surface area contributed by atoms with Gasteiger partial charge in [-0.25, -0.2) is 0 Å². The fraction of sp³-hybridized carbons (Fsp3) is 0.761. The molecule has 56 heavy (non-hydrogen) atoms. The first-order valence-corrected chi connectivity index (χ1v) is 23.0. The predicted molar refractivity (Wildman–Crippen MR) is 234 cm³/mol. The Bertz CT molecular complexity index is 1080. The highest BCUT2D eigenvalue weighted by molar-refractivity contribution is 8.00. The standard InChI is InChI=1S/C46H81NO8S/c1-4-5-6-7-8-9-10-16-19-22-25-28-33-43(42(49)32-30-34-44(50)51)56-38-41(47)46(53)55-37-40(48)36-54-45(52)35-29-26-23-20-17-14-12-11-13-15-18-21-24-27-31-39(2)3/h8-9,16,19,22,25,28,33,39-43,48-49H,4-7,10-15,17-18,20-21,23-24,26-27,29-32,34-38,47H2,1-3H3,(H,50,51)/b9-8-,19-16-,25-22+,33-28+/t40-,41+,42+,43-/m1/s1. The maximum Gasteiger partial charge on any atom is 0.323 e. The summed E-state index contributed by atoms with van der Waals surface area (Å²) in [5.41, 5.74) is 6.06. The number of carboxylic acids is 1. The number of carboxylic acid groups (broad SMARTS) is 1. The second kappa shape index (κ2) is 39.4. The van der Waals surface area contributed by atoms with Gasteiger partial charge in [-0.15, -0.1) is 11.8 Å². The van der Waals surface area contributed by atoms with Crippen LogP contribution < -0.4 is 5.73 Å². The van der Waals surface area contributed by atoms with Gasteiger partial charge in [0.05, 0.1) is 6.10 Å². The quantitative estimate of drug-likeness (QED) is 0.0204. The van der Waals surface area contributed by atoms with Gasteiger partial charge in [0.15, 0.2) is 0 Å². The zero-order valence-corrected chi connectivity index (χ0v) is 36.3. The molecule has 0 aliphatic rings. The third kappa shape index (κ3) is 37.2. The molecule has 0 fully saturated rings. The highest BCUT2D eigenvalue weighted by Gasteiger charge is 2.23. The Morgan fingerprint density at radius 2 is 1.25 bits per heavy atom. The van der Waals surface area contributed by atoms with Gasteiger partial charge in [0.2, 0.25) is 0 Å². The van der Waals surface area contributed by atoms with E-state index >= 15 is 0 Å². The molecule has 0 aliphatic carbocycles. The lowest BCUT2D eigenvalue weighted by Crippen LogP contribution is -2.38. The maximum absolute atomic E-state index is 12.5. The second-order valence-corrected chi connectivity index (χ2v) is 16.7. The van der Waals surface area contributed by atoms with Gasteiger partial charge in [-0.1, -0.05) is 172 Å². The van der Waals surface area contributed by atoms with Gasteiger partial charge >= 0.3 is 17.9 Å². The molecule has 10 heteroatoms. The number of aliphatic carboxylic acids is 1. The van der Waals surface area contributed by atoms with Crippen molar-refractivity contribution < 1.29 is 39.2 Å². The fourth-order valence-electron chi connectivity index (χ4n) is 6.01. The molecule has 0 rings (SSSR count). The Hall–Kier alpha value is -2.40. The highest BCUT2D eigenvalue weighted by Crippen LogP contribution is 2.22. The molecule has 0 unspecified atom stereocenters. The van der Waals surface area contributed by atoms with Crippen molar-refractivity contribution in [3.8, 4) is 0 Å². The molecular formula is C46H81NO8S. The van der Waals surface area contributed by atoms with Crippen molar-refractivity contribution in [3.05, 3.63) is 48.6 Å². The number of carbonyl (C=O) groups is 3. The molecule has 5 N–H and O–H groups in total. The number of ether oxygens (including phenoxy) is 2. The zero-order chi connectivity index (χ0) is 41.5. The summed E-state index contributed by atoms with van der Waals surface area (Å²) in [5.74, 6) is -1.04. The monoisotopic (exact) mass is 808 g/mol. The molecule has 0 aromatic heterocycles. The molecule has 4 atom stereocenters. The third-order valence-corrected chi connectivity index (χ3v) is 10.9. The van der Waals surface area contributed by atoms with Crippen molar-refractivity contribution in [3.63, 3.8) is 0 Å². The molecule has 0 spiro atoms. The van der Waals surface area contributed by atoms with Gasteiger partial charge in [-0.3, -0.25) is 14.4 Å². The summed E-state index contributed by atoms with van der Waals surface area (Å²) in [6, 6.07) is -1.01. The van der Waals surface area contributed by atoms with Crippen LogP contribution in [-0.4, -0.2) is 75.7 Å². The van der Waals surface area contributed by atoms with Crippen LogP contribution in [0.25, 0.3) is 0 Å². The minimum absolute atomic E-state index is 0.0430. The zero-order valence-electron chi connectivity index (χ0n) is 35.5. The van der Waals surface area contributed by atoms with Crippen molar-refractivity contribution in [1.82, 2.24) is 0 Å². The Kier molecular flexibility index (Phi) is 37.7. The number of esters is 2. The van der Waals surface area contributed by atoms with Crippen molar-refractivity contribution >= 4 is 29.7 Å². The van der Waals surface area contributed by atoms with Crippen LogP contribution in [0.15, 0.2) is 48.6 Å². The lowest BCUT2D eigenvalue weighted by Gasteiger charge is -2.21. The van der Waals surface area contributed by atoms with Crippen LogP contribution in [0.2, 0.25) is 0 Å². The molecule has 0 aromatic carbocycles. The van der Waals surface area contributed by atoms with Crippen LogP contribution in [0.1, 0.15) is 175 Å². The van der Waals surface area contributed by atoms with Crippen molar-refractivity contribution in [2.75, 3.05) is 19.0 Å². The van der Waals surface area contributed by atoms with E-state index in [1.807, 2.05) is 30.4 Å². The Labute approximate surface area is 345 Å². The number of hydrogen-bond donors (Lipinski definition) is 4. The number of hydrogen-bond acceptors (Lipinski definition) is 9. The van der Waals surface area contributed by atoms with E-state index in [0.29, 0.717) is 12.8 Å². The minimum Gasteiger partial charge on any atom is -0.481 e. The molecule has 0 aliphatic heterocycles. The molecule has 0 radical (unpaired) electrons. The highest BCUT2D eigenvalue weighted by atomic mass is 32.2. The summed E-state index contributed by atoms with van der Waals surface area (Å²) in [7, 11) is 0. The Morgan fingerprint density at radius 3 is 1.86 bits per heavy atom. The number of aliphatic hydroxyl groups is 2. The Balaban J connectivity index is 4.25. The van der Waals surface area contributed by atoms with E-state index in [0.717, 1.165) is 38.0 Å². The normalized spacial score (nSPS) is 14.3. The van der Waals surface area contributed by atoms with E-state index in [1.54, 1.807) is 0 Å². The molecular weight excluding hydrogens is 727 g/mol. The van der Waals surface area contributed by atoms with Gasteiger partial charge in [0.1, 0.15) is 25.4 Å². The Morgan fingerprint density at radius 1 is 0.661 bits per heavy atom. The molecule has 0 amide bonds. The maximum atomic E-state index is 12.5. The summed E-state index contributed by atoms with van der Waals surface area (Å²) in [6.45, 7) is 6.18. The topological polar surface area (TPSA) is 156 Å². The first kappa shape index (κ1) is 53.6. The minimum atomic E-state index is -1.16. The van der Waals surface area contributed by atoms with Gasteiger partial charge in [-0.05, 0) is 44.4 Å². The van der Waals surface area contributed by atoms with Crippen LogP contribution >= 0.6 is 11.8 Å². The first-order valence-electron chi connectivity index (χ1n) is 22.0. The number of aliphatic hydroxyl groups excluding tert-OH is 2. The summed E-state index contributed by atoms with van der Waals surface area (Å²) in [5, 5.41) is 29.5. The SMILES string of the molecule is CCCCC/C=C\C\C=C/C=C/C=C/[C@@H](SC[C@H](N)C(=O)OC[C@H](O)COC(=O)CCCCCCCCCCCCCCCCC(C)C)[C@@H](O)CCCC(=O)O. The van der Waals surface area contributed by atoms with Gasteiger partial charge in [-0.2, -0.15) is 0 Å². The number of thioether (sulfide) groups is 1. The lowest BCUT2D eigenvalue weighted by molar-refractivity contribution is -0.153. The van der Waals surface area contributed by atoms with Gasteiger partial charge in [0.25, 0.3) is 0 Å². The van der Waals surface area contributed by atoms with Crippen LogP contribution in [0.3, 0.4) is 0 Å². The fourth-order valence-corrected chi connectivity index (χ4v) is 7.13. The predicted octanol–water partition coefficient (Wildman–Crippen LogP) is 10.6. The number of unbranched alkanes of at least 4 members (excludes halogenated alkanes) is 16. The largest absolute Gasteiger partial charge is 0.481 e. The van der Waals surface area contributed by atoms with E-state index in [2.05, 4.69) is 39.0 Å². The summed E-state index contributed by atoms with van der Waals surface area (Å²) >= 11 is 1.27. The van der Waals surface area contributed by atoms with E-state index in [4.69, 9.17) is 20.3 Å². The van der Waals surface area contributed by atoms with Crippen molar-refractivity contribution in [2.45, 2.75) is 198 Å². The molecule has 324 valence electrons. The van der Waals surface area contributed by atoms with E-state index in [1.165, 1.54) is 108 Å². The van der Waals surface area contributed by atoms with Crippen LogP contribution in [0, 0.1) is 5.92 Å². The summed E-state index contributed by atoms with van der Waals surface area (Å²) in [6.07, 6.45) is 39.1. The number of nitrogens with two attached hydrogens (primary N) is 1. The number of allylic oxidation sites excluding steroid dienone is 7. The van der Waals surface area contributed by atoms with Gasteiger partial charge in [0, 0.05) is 23.8 Å². The van der Waals surface area contributed by atoms with Gasteiger partial charge < -0.3 is 30.5 Å². The van der Waals surface area contributed by atoms with Crippen LogP contribution in [-0.2, 0) is 23.9 Å². The summed E-state index contributed by atoms with van der Waals surface area (Å²) < 4.78 is 10.3. The van der Waals surface area contributed by atoms with Crippen LogP contribution in [0.4, 0.5) is 0 Å². The summed E-state index contributed by atoms with van der Waals surface area (Å²) in [4.78, 5) is 35.6. The molecule has 0 bridgehead atoms. The molecule has 9 nitrogen and oxygen atoms in total. The molecule has 0 saturated carbocycles. The van der Waals surface area contributed by atoms with E-state index in [9.17, 15) is 24.6 Å². The average Bonchev–Trinajstić information content (AvgIpc) is 3.16. The smallest absolute Gasteiger partial charge is 0.323 e.